The van der Waals surface area contributed by atoms with Gasteiger partial charge in [-0.05, 0) is 43.5 Å². The van der Waals surface area contributed by atoms with Crippen LogP contribution in [0.4, 0.5) is 11.4 Å². The van der Waals surface area contributed by atoms with E-state index in [1.165, 1.54) is 25.5 Å². The molecule has 0 spiro atoms. The fraction of sp³-hybridized carbons (Fsp3) is 0.353. The average Bonchev–Trinajstić information content (AvgIpc) is 2.61. The number of hydrogen-bond acceptors (Lipinski definition) is 5. The van der Waals surface area contributed by atoms with Gasteiger partial charge in [-0.15, -0.1) is 0 Å². The molecule has 7 nitrogen and oxygen atoms in total. The van der Waals surface area contributed by atoms with Gasteiger partial charge in [-0.25, -0.2) is 0 Å². The first kappa shape index (κ1) is 17.3. The van der Waals surface area contributed by atoms with E-state index in [1.54, 1.807) is 6.07 Å². The number of nitriles is 1. The zero-order chi connectivity index (χ0) is 17.4. The van der Waals surface area contributed by atoms with E-state index in [9.17, 15) is 9.59 Å². The predicted octanol–water partition coefficient (Wildman–Crippen LogP) is 1.70. The number of hydrogen-bond donors (Lipinski definition) is 3. The number of benzene rings is 1. The fourth-order valence-corrected chi connectivity index (χ4v) is 2.48. The number of nitrogens with zero attached hydrogens (tertiary/aromatic N) is 2. The van der Waals surface area contributed by atoms with E-state index in [0.29, 0.717) is 0 Å². The van der Waals surface area contributed by atoms with E-state index in [1.807, 2.05) is 24.3 Å². The highest BCUT2D eigenvalue weighted by atomic mass is 16.4. The zero-order valence-electron chi connectivity index (χ0n) is 13.3. The molecule has 0 atom stereocenters. The van der Waals surface area contributed by atoms with Crippen LogP contribution >= 0.6 is 0 Å². The van der Waals surface area contributed by atoms with E-state index in [0.717, 1.165) is 24.5 Å². The van der Waals surface area contributed by atoms with Gasteiger partial charge >= 0.3 is 5.97 Å². The van der Waals surface area contributed by atoms with Crippen molar-refractivity contribution in [2.75, 3.05) is 29.9 Å². The summed E-state index contributed by atoms with van der Waals surface area (Å²) in [6.45, 7) is 1.60. The quantitative estimate of drug-likeness (QED) is 0.542. The van der Waals surface area contributed by atoms with Gasteiger partial charge in [0.2, 0.25) is 0 Å². The molecule has 1 saturated heterocycles. The summed E-state index contributed by atoms with van der Waals surface area (Å²) in [6.07, 6.45) is 4.97. The van der Waals surface area contributed by atoms with E-state index < -0.39 is 18.4 Å². The topological polar surface area (TPSA) is 105 Å². The molecule has 7 heteroatoms. The van der Waals surface area contributed by atoms with E-state index >= 15 is 0 Å². The van der Waals surface area contributed by atoms with Crippen molar-refractivity contribution in [3.63, 3.8) is 0 Å². The second-order valence-corrected chi connectivity index (χ2v) is 5.49. The van der Waals surface area contributed by atoms with Crippen molar-refractivity contribution in [2.24, 2.45) is 0 Å². The van der Waals surface area contributed by atoms with Crippen LogP contribution < -0.4 is 15.5 Å². The molecular weight excluding hydrogens is 308 g/mol. The summed E-state index contributed by atoms with van der Waals surface area (Å²) >= 11 is 0. The summed E-state index contributed by atoms with van der Waals surface area (Å²) in [5.74, 6) is -1.89. The number of aliphatic carboxylic acids is 1. The highest BCUT2D eigenvalue weighted by Crippen LogP contribution is 2.21. The Kier molecular flexibility index (Phi) is 6.20. The van der Waals surface area contributed by atoms with Gasteiger partial charge in [0.1, 0.15) is 18.2 Å². The lowest BCUT2D eigenvalue weighted by molar-refractivity contribution is -0.137. The van der Waals surface area contributed by atoms with Gasteiger partial charge in [0.25, 0.3) is 5.91 Å². The number of piperidine rings is 1. The number of amides is 1. The summed E-state index contributed by atoms with van der Waals surface area (Å²) < 4.78 is 0. The monoisotopic (exact) mass is 328 g/mol. The summed E-state index contributed by atoms with van der Waals surface area (Å²) in [4.78, 5) is 24.4. The molecule has 1 heterocycles. The Morgan fingerprint density at radius 2 is 1.88 bits per heavy atom. The van der Waals surface area contributed by atoms with Gasteiger partial charge in [0.05, 0.1) is 0 Å². The van der Waals surface area contributed by atoms with E-state index in [4.69, 9.17) is 10.4 Å². The molecule has 24 heavy (non-hydrogen) atoms. The van der Waals surface area contributed by atoms with Crippen LogP contribution in [0.25, 0.3) is 0 Å². The standard InChI is InChI=1S/C17H20N4O3/c18-10-13(17(24)20-12-16(22)23)11-19-14-4-6-15(7-5-14)21-8-2-1-3-9-21/h4-7,11,19H,1-3,8-9,12H2,(H,20,24)(H,22,23)/b13-11-. The zero-order valence-corrected chi connectivity index (χ0v) is 13.3. The van der Waals surface area contributed by atoms with Gasteiger partial charge in [-0.1, -0.05) is 0 Å². The smallest absolute Gasteiger partial charge is 0.322 e. The van der Waals surface area contributed by atoms with Crippen LogP contribution in [-0.4, -0.2) is 36.6 Å². The normalized spacial score (nSPS) is 14.6. The number of nitrogens with one attached hydrogen (secondary N) is 2. The highest BCUT2D eigenvalue weighted by Gasteiger charge is 2.11. The Balaban J connectivity index is 1.95. The van der Waals surface area contributed by atoms with Crippen LogP contribution in [0.2, 0.25) is 0 Å². The molecule has 0 saturated carbocycles. The molecular formula is C17H20N4O3. The molecule has 3 N–H and O–H groups in total. The van der Waals surface area contributed by atoms with Crippen molar-refractivity contribution in [3.05, 3.63) is 36.0 Å². The number of carboxylic acids is 1. The predicted molar refractivity (Wildman–Crippen MR) is 90.5 cm³/mol. The maximum atomic E-state index is 11.6. The molecule has 126 valence electrons. The number of carbonyl (C=O) groups is 2. The van der Waals surface area contributed by atoms with Crippen molar-refractivity contribution in [1.82, 2.24) is 5.32 Å². The van der Waals surface area contributed by atoms with Crippen LogP contribution in [0.3, 0.4) is 0 Å². The third-order valence-electron chi connectivity index (χ3n) is 3.74. The van der Waals surface area contributed by atoms with Gasteiger partial charge < -0.3 is 20.6 Å². The number of anilines is 2. The summed E-state index contributed by atoms with van der Waals surface area (Å²) in [7, 11) is 0. The molecule has 2 rings (SSSR count). The largest absolute Gasteiger partial charge is 0.480 e. The molecule has 1 aromatic carbocycles. The maximum Gasteiger partial charge on any atom is 0.322 e. The molecule has 1 aliphatic heterocycles. The average molecular weight is 328 g/mol. The lowest BCUT2D eigenvalue weighted by Gasteiger charge is -2.28. The minimum Gasteiger partial charge on any atom is -0.480 e. The van der Waals surface area contributed by atoms with Gasteiger partial charge in [-0.3, -0.25) is 9.59 Å². The lowest BCUT2D eigenvalue weighted by atomic mass is 10.1. The first-order valence-electron chi connectivity index (χ1n) is 7.82. The third kappa shape index (κ3) is 5.02. The molecule has 0 unspecified atom stereocenters. The first-order valence-corrected chi connectivity index (χ1v) is 7.82. The molecule has 1 aliphatic rings. The van der Waals surface area contributed by atoms with Crippen LogP contribution in [0.5, 0.6) is 0 Å². The third-order valence-corrected chi connectivity index (χ3v) is 3.74. The lowest BCUT2D eigenvalue weighted by Crippen LogP contribution is -2.30. The van der Waals surface area contributed by atoms with E-state index in [2.05, 4.69) is 15.5 Å². The Hall–Kier alpha value is -3.01. The van der Waals surface area contributed by atoms with Crippen molar-refractivity contribution in [1.29, 1.82) is 5.26 Å². The number of carboxylic acid groups (broad SMARTS) is 1. The minimum absolute atomic E-state index is 0.184. The first-order chi connectivity index (χ1) is 11.6. The summed E-state index contributed by atoms with van der Waals surface area (Å²) in [6, 6.07) is 9.50. The molecule has 0 aromatic heterocycles. The molecule has 0 bridgehead atoms. The Morgan fingerprint density at radius 3 is 2.46 bits per heavy atom. The fourth-order valence-electron chi connectivity index (χ4n) is 2.48. The Morgan fingerprint density at radius 1 is 1.21 bits per heavy atom. The van der Waals surface area contributed by atoms with Gasteiger partial charge in [0.15, 0.2) is 0 Å². The SMILES string of the molecule is N#C/C(=C/Nc1ccc(N2CCCCC2)cc1)C(=O)NCC(=O)O. The van der Waals surface area contributed by atoms with E-state index in [-0.39, 0.29) is 5.57 Å². The van der Waals surface area contributed by atoms with Crippen LogP contribution in [0.1, 0.15) is 19.3 Å². The molecule has 0 radical (unpaired) electrons. The second kappa shape index (κ2) is 8.58. The Bertz CT molecular complexity index is 655. The summed E-state index contributed by atoms with van der Waals surface area (Å²) in [5.41, 5.74) is 1.72. The van der Waals surface area contributed by atoms with Crippen molar-refractivity contribution in [2.45, 2.75) is 19.3 Å². The molecule has 1 amide bonds. The second-order valence-electron chi connectivity index (χ2n) is 5.49. The summed E-state index contributed by atoms with van der Waals surface area (Å²) in [5, 5.41) is 22.5. The Labute approximate surface area is 140 Å². The van der Waals surface area contributed by atoms with Crippen molar-refractivity contribution >= 4 is 23.3 Å². The highest BCUT2D eigenvalue weighted by molar-refractivity contribution is 5.98. The molecule has 1 aromatic rings. The van der Waals surface area contributed by atoms with Crippen LogP contribution in [0.15, 0.2) is 36.0 Å². The van der Waals surface area contributed by atoms with Crippen LogP contribution in [0, 0.1) is 11.3 Å². The maximum absolute atomic E-state index is 11.6. The van der Waals surface area contributed by atoms with Gasteiger partial charge in [0, 0.05) is 30.7 Å². The number of carbonyl (C=O) groups excluding carboxylic acids is 1. The van der Waals surface area contributed by atoms with Crippen molar-refractivity contribution in [3.8, 4) is 6.07 Å². The minimum atomic E-state index is -1.16. The molecule has 1 fully saturated rings. The molecule has 0 aliphatic carbocycles. The van der Waals surface area contributed by atoms with Crippen molar-refractivity contribution < 1.29 is 14.7 Å². The van der Waals surface area contributed by atoms with Crippen LogP contribution in [-0.2, 0) is 9.59 Å². The van der Waals surface area contributed by atoms with Gasteiger partial charge in [-0.2, -0.15) is 5.26 Å². The number of rotatable bonds is 6.